The molecule has 3 atom stereocenters. The van der Waals surface area contributed by atoms with E-state index < -0.39 is 0 Å². The molecule has 1 N–H and O–H groups in total. The number of allylic oxidation sites excluding steroid dienone is 2. The topological polar surface area (TPSA) is 84.9 Å². The maximum absolute atomic E-state index is 12.5. The molecule has 0 saturated carbocycles. The molecule has 1 saturated heterocycles. The van der Waals surface area contributed by atoms with Gasteiger partial charge in [0.05, 0.1) is 17.9 Å². The van der Waals surface area contributed by atoms with Gasteiger partial charge >= 0.3 is 0 Å². The van der Waals surface area contributed by atoms with Crippen molar-refractivity contribution in [3.8, 4) is 11.5 Å². The second-order valence-corrected chi connectivity index (χ2v) is 7.43. The van der Waals surface area contributed by atoms with Gasteiger partial charge in [0.2, 0.25) is 17.7 Å². The van der Waals surface area contributed by atoms with Crippen LogP contribution in [0.2, 0.25) is 0 Å². The molecule has 4 rings (SSSR count). The highest BCUT2D eigenvalue weighted by atomic mass is 16.6. The fraction of sp³-hybridized carbons (Fsp3) is 0.476. The first-order chi connectivity index (χ1) is 13.5. The zero-order valence-corrected chi connectivity index (χ0v) is 15.8. The van der Waals surface area contributed by atoms with Crippen LogP contribution >= 0.6 is 0 Å². The molecule has 7 heteroatoms. The Morgan fingerprint density at radius 1 is 1.11 bits per heavy atom. The van der Waals surface area contributed by atoms with Gasteiger partial charge in [0.1, 0.15) is 13.2 Å². The number of hydrogen-bond acceptors (Lipinski definition) is 5. The number of nitrogens with one attached hydrogen (secondary N) is 1. The minimum absolute atomic E-state index is 0.0965. The molecule has 2 aliphatic heterocycles. The van der Waals surface area contributed by atoms with E-state index in [4.69, 9.17) is 9.47 Å². The lowest BCUT2D eigenvalue weighted by Gasteiger charge is -2.21. The summed E-state index contributed by atoms with van der Waals surface area (Å²) in [5.41, 5.74) is 0.906. The number of likely N-dealkylation sites (tertiary alicyclic amines) is 1. The molecule has 1 fully saturated rings. The van der Waals surface area contributed by atoms with E-state index in [1.54, 1.807) is 0 Å². The number of carbonyl (C=O) groups excluding carboxylic acids is 3. The number of hydrogen-bond donors (Lipinski definition) is 1. The summed E-state index contributed by atoms with van der Waals surface area (Å²) in [5.74, 6) is 0.384. The maximum Gasteiger partial charge on any atom is 0.233 e. The van der Waals surface area contributed by atoms with Crippen LogP contribution in [-0.4, -0.2) is 42.4 Å². The number of fused-ring (bicyclic) bond motifs is 2. The minimum atomic E-state index is -0.253. The zero-order valence-electron chi connectivity index (χ0n) is 15.8. The molecule has 3 amide bonds. The van der Waals surface area contributed by atoms with Gasteiger partial charge in [-0.15, -0.1) is 0 Å². The van der Waals surface area contributed by atoms with Crippen LogP contribution in [0.25, 0.3) is 0 Å². The van der Waals surface area contributed by atoms with Crippen LogP contribution in [0.5, 0.6) is 11.5 Å². The first kappa shape index (κ1) is 18.5. The van der Waals surface area contributed by atoms with Gasteiger partial charge in [-0.25, -0.2) is 0 Å². The van der Waals surface area contributed by atoms with E-state index in [1.807, 2.05) is 37.3 Å². The molecule has 0 radical (unpaired) electrons. The van der Waals surface area contributed by atoms with E-state index in [2.05, 4.69) is 5.32 Å². The van der Waals surface area contributed by atoms with Crippen molar-refractivity contribution in [2.45, 2.75) is 32.2 Å². The molecule has 0 bridgehead atoms. The van der Waals surface area contributed by atoms with Crippen molar-refractivity contribution < 1.29 is 23.9 Å². The molecule has 0 unspecified atom stereocenters. The van der Waals surface area contributed by atoms with Crippen LogP contribution < -0.4 is 14.8 Å². The average molecular weight is 384 g/mol. The van der Waals surface area contributed by atoms with Crippen LogP contribution in [-0.2, 0) is 14.4 Å². The van der Waals surface area contributed by atoms with Gasteiger partial charge in [0, 0.05) is 13.0 Å². The molecule has 2 heterocycles. The van der Waals surface area contributed by atoms with Gasteiger partial charge in [0.15, 0.2) is 11.5 Å². The number of benzene rings is 1. The zero-order chi connectivity index (χ0) is 19.7. The Balaban J connectivity index is 1.32. The highest BCUT2D eigenvalue weighted by Crippen LogP contribution is 2.35. The van der Waals surface area contributed by atoms with Crippen molar-refractivity contribution in [3.05, 3.63) is 35.9 Å². The van der Waals surface area contributed by atoms with Crippen LogP contribution in [0.4, 0.5) is 0 Å². The summed E-state index contributed by atoms with van der Waals surface area (Å²) >= 11 is 0. The van der Waals surface area contributed by atoms with Crippen LogP contribution in [0, 0.1) is 11.8 Å². The Kier molecular flexibility index (Phi) is 5.07. The van der Waals surface area contributed by atoms with E-state index in [-0.39, 0.29) is 48.6 Å². The summed E-state index contributed by atoms with van der Waals surface area (Å²) < 4.78 is 11.1. The Bertz CT molecular complexity index is 808. The third kappa shape index (κ3) is 3.48. The van der Waals surface area contributed by atoms with Crippen molar-refractivity contribution in [2.24, 2.45) is 11.8 Å². The first-order valence-electron chi connectivity index (χ1n) is 9.73. The summed E-state index contributed by atoms with van der Waals surface area (Å²) in [6.07, 6.45) is 5.23. The Labute approximate surface area is 163 Å². The largest absolute Gasteiger partial charge is 0.486 e. The molecule has 148 valence electrons. The predicted molar refractivity (Wildman–Crippen MR) is 101 cm³/mol. The number of ether oxygens (including phenoxy) is 2. The molecule has 7 nitrogen and oxygen atoms in total. The van der Waals surface area contributed by atoms with E-state index in [9.17, 15) is 14.4 Å². The van der Waals surface area contributed by atoms with Gasteiger partial charge in [0.25, 0.3) is 0 Å². The van der Waals surface area contributed by atoms with Crippen molar-refractivity contribution in [3.63, 3.8) is 0 Å². The smallest absolute Gasteiger partial charge is 0.233 e. The normalized spacial score (nSPS) is 24.1. The third-order valence-corrected chi connectivity index (χ3v) is 5.61. The van der Waals surface area contributed by atoms with Crippen LogP contribution in [0.3, 0.4) is 0 Å². The quantitative estimate of drug-likeness (QED) is 0.620. The molecule has 1 aliphatic carbocycles. The molecule has 1 aromatic carbocycles. The Hall–Kier alpha value is -2.83. The molecule has 3 aliphatic rings. The average Bonchev–Trinajstić information content (AvgIpc) is 2.96. The van der Waals surface area contributed by atoms with Crippen LogP contribution in [0.15, 0.2) is 30.4 Å². The monoisotopic (exact) mass is 384 g/mol. The highest BCUT2D eigenvalue weighted by molar-refractivity contribution is 6.05. The Morgan fingerprint density at radius 2 is 1.75 bits per heavy atom. The summed E-state index contributed by atoms with van der Waals surface area (Å²) in [6.45, 7) is 3.05. The fourth-order valence-corrected chi connectivity index (χ4v) is 4.03. The molecule has 0 spiro atoms. The van der Waals surface area contributed by atoms with E-state index >= 15 is 0 Å². The molecule has 0 aromatic heterocycles. The number of amides is 3. The predicted octanol–water partition coefficient (Wildman–Crippen LogP) is 1.98. The lowest BCUT2D eigenvalue weighted by atomic mass is 9.85. The van der Waals surface area contributed by atoms with Gasteiger partial charge in [-0.2, -0.15) is 0 Å². The van der Waals surface area contributed by atoms with Crippen LogP contribution in [0.1, 0.15) is 37.8 Å². The first-order valence-corrected chi connectivity index (χ1v) is 9.73. The second-order valence-electron chi connectivity index (χ2n) is 7.43. The van der Waals surface area contributed by atoms with E-state index in [1.165, 1.54) is 4.90 Å². The standard InChI is InChI=1S/C21H24N2O5/c1-13(14-6-7-17-18(12-14)28-11-10-27-17)22-19(24)8-9-23-20(25)15-4-2-3-5-16(15)21(23)26/h2-3,6-7,12-13,15-16H,4-5,8-11H2,1H3,(H,22,24)/t13-,15-,16-/m0/s1. The maximum atomic E-state index is 12.5. The molecular weight excluding hydrogens is 360 g/mol. The number of rotatable bonds is 5. The second kappa shape index (κ2) is 7.66. The summed E-state index contributed by atoms with van der Waals surface area (Å²) in [6, 6.07) is 5.37. The van der Waals surface area contributed by atoms with Gasteiger partial charge in [-0.3, -0.25) is 19.3 Å². The minimum Gasteiger partial charge on any atom is -0.486 e. The van der Waals surface area contributed by atoms with Gasteiger partial charge in [-0.05, 0) is 37.5 Å². The SMILES string of the molecule is C[C@H](NC(=O)CCN1C(=O)[C@H]2CC=CC[C@@H]2C1=O)c1ccc2c(c1)OCCO2. The third-order valence-electron chi connectivity index (χ3n) is 5.61. The summed E-state index contributed by atoms with van der Waals surface area (Å²) in [4.78, 5) is 38.5. The number of carbonyl (C=O) groups is 3. The van der Waals surface area contributed by atoms with Crippen molar-refractivity contribution >= 4 is 17.7 Å². The lowest BCUT2D eigenvalue weighted by Crippen LogP contribution is -2.36. The molecular formula is C21H24N2O5. The van der Waals surface area contributed by atoms with Crippen molar-refractivity contribution in [2.75, 3.05) is 19.8 Å². The fourth-order valence-electron chi connectivity index (χ4n) is 4.03. The molecule has 28 heavy (non-hydrogen) atoms. The van der Waals surface area contributed by atoms with Gasteiger partial charge in [-0.1, -0.05) is 18.2 Å². The van der Waals surface area contributed by atoms with Crippen molar-refractivity contribution in [1.82, 2.24) is 10.2 Å². The number of nitrogens with zero attached hydrogens (tertiary/aromatic N) is 1. The van der Waals surface area contributed by atoms with E-state index in [0.717, 1.165) is 5.56 Å². The summed E-state index contributed by atoms with van der Waals surface area (Å²) in [7, 11) is 0. The highest BCUT2D eigenvalue weighted by Gasteiger charge is 2.46. The van der Waals surface area contributed by atoms with Crippen molar-refractivity contribution in [1.29, 1.82) is 0 Å². The molecule has 1 aromatic rings. The lowest BCUT2D eigenvalue weighted by molar-refractivity contribution is -0.140. The van der Waals surface area contributed by atoms with E-state index in [0.29, 0.717) is 37.6 Å². The number of imide groups is 1. The summed E-state index contributed by atoms with van der Waals surface area (Å²) in [5, 5.41) is 2.92. The Morgan fingerprint density at radius 3 is 2.43 bits per heavy atom. The van der Waals surface area contributed by atoms with Gasteiger partial charge < -0.3 is 14.8 Å².